The lowest BCUT2D eigenvalue weighted by Gasteiger charge is -1.94. The maximum Gasteiger partial charge on any atom is 0.224 e. The van der Waals surface area contributed by atoms with E-state index >= 15 is 0 Å². The first-order valence-electron chi connectivity index (χ1n) is 3.28. The lowest BCUT2D eigenvalue weighted by atomic mass is 10.3. The van der Waals surface area contributed by atoms with E-state index in [1.807, 2.05) is 0 Å². The summed E-state index contributed by atoms with van der Waals surface area (Å²) in [5.41, 5.74) is 0.325. The van der Waals surface area contributed by atoms with Gasteiger partial charge in [0.15, 0.2) is 5.69 Å². The summed E-state index contributed by atoms with van der Waals surface area (Å²) in [5.74, 6) is 0.326. The molecule has 0 aliphatic heterocycles. The van der Waals surface area contributed by atoms with Crippen molar-refractivity contribution in [2.75, 3.05) is 0 Å². The van der Waals surface area contributed by atoms with Crippen molar-refractivity contribution in [3.8, 4) is 17.3 Å². The summed E-state index contributed by atoms with van der Waals surface area (Å²) in [5, 5.41) is 12.8. The minimum atomic E-state index is 0.0406. The molecule has 0 saturated heterocycles. The number of aromatic nitrogens is 3. The molecule has 0 atom stereocenters. The van der Waals surface area contributed by atoms with Crippen LogP contribution in [0.1, 0.15) is 0 Å². The molecule has 12 heavy (non-hydrogen) atoms. The fraction of sp³-hybridized carbons (Fsp3) is 0. The highest BCUT2D eigenvalue weighted by molar-refractivity contribution is 5.56. The van der Waals surface area contributed by atoms with E-state index in [0.29, 0.717) is 5.69 Å². The van der Waals surface area contributed by atoms with Gasteiger partial charge in [0.05, 0.1) is 0 Å². The quantitative estimate of drug-likeness (QED) is 0.674. The SMILES string of the molecule is Oc1cccnc1-c1ncon1. The summed E-state index contributed by atoms with van der Waals surface area (Å²) >= 11 is 0. The topological polar surface area (TPSA) is 72.0 Å². The van der Waals surface area contributed by atoms with Gasteiger partial charge in [0, 0.05) is 6.20 Å². The van der Waals surface area contributed by atoms with E-state index in [9.17, 15) is 5.11 Å². The molecule has 5 nitrogen and oxygen atoms in total. The lowest BCUT2D eigenvalue weighted by Crippen LogP contribution is -1.84. The first kappa shape index (κ1) is 6.78. The molecule has 0 radical (unpaired) electrons. The predicted octanol–water partition coefficient (Wildman–Crippen LogP) is 0.837. The Balaban J connectivity index is 2.55. The summed E-state index contributed by atoms with van der Waals surface area (Å²) in [4.78, 5) is 7.63. The number of aromatic hydroxyl groups is 1. The van der Waals surface area contributed by atoms with Gasteiger partial charge in [0.25, 0.3) is 0 Å². The highest BCUT2D eigenvalue weighted by atomic mass is 16.5. The van der Waals surface area contributed by atoms with Gasteiger partial charge in [-0.15, -0.1) is 0 Å². The standard InChI is InChI=1S/C7H5N3O2/c11-5-2-1-3-8-6(5)7-9-4-12-10-7/h1-4,11H. The van der Waals surface area contributed by atoms with Crippen molar-refractivity contribution in [1.29, 1.82) is 0 Å². The molecule has 5 heteroatoms. The normalized spacial score (nSPS) is 10.0. The van der Waals surface area contributed by atoms with Crippen LogP contribution in [0.2, 0.25) is 0 Å². The van der Waals surface area contributed by atoms with Crippen molar-refractivity contribution in [2.45, 2.75) is 0 Å². The van der Waals surface area contributed by atoms with Crippen LogP contribution >= 0.6 is 0 Å². The molecule has 2 aromatic heterocycles. The molecule has 0 amide bonds. The van der Waals surface area contributed by atoms with Gasteiger partial charge in [-0.3, -0.25) is 0 Å². The van der Waals surface area contributed by atoms with Crippen molar-refractivity contribution >= 4 is 0 Å². The van der Waals surface area contributed by atoms with Gasteiger partial charge in [0.2, 0.25) is 12.2 Å². The number of hydrogen-bond donors (Lipinski definition) is 1. The van der Waals surface area contributed by atoms with Gasteiger partial charge in [0.1, 0.15) is 5.75 Å². The fourth-order valence-electron chi connectivity index (χ4n) is 0.844. The average molecular weight is 163 g/mol. The van der Waals surface area contributed by atoms with Crippen molar-refractivity contribution in [2.24, 2.45) is 0 Å². The second-order valence-electron chi connectivity index (χ2n) is 2.13. The third-order valence-electron chi connectivity index (χ3n) is 1.36. The first-order chi connectivity index (χ1) is 5.88. The number of rotatable bonds is 1. The molecule has 60 valence electrons. The minimum absolute atomic E-state index is 0.0406. The molecule has 0 bridgehead atoms. The molecular formula is C7H5N3O2. The zero-order valence-corrected chi connectivity index (χ0v) is 6.01. The van der Waals surface area contributed by atoms with Crippen LogP contribution in [0.15, 0.2) is 29.2 Å². The van der Waals surface area contributed by atoms with E-state index in [2.05, 4.69) is 19.6 Å². The number of pyridine rings is 1. The fourth-order valence-corrected chi connectivity index (χ4v) is 0.844. The summed E-state index contributed by atoms with van der Waals surface area (Å²) < 4.78 is 4.51. The highest BCUT2D eigenvalue weighted by Crippen LogP contribution is 2.21. The Labute approximate surface area is 67.7 Å². The van der Waals surface area contributed by atoms with Crippen molar-refractivity contribution < 1.29 is 9.63 Å². The van der Waals surface area contributed by atoms with Crippen LogP contribution in [-0.2, 0) is 0 Å². The molecule has 2 heterocycles. The smallest absolute Gasteiger partial charge is 0.224 e. The van der Waals surface area contributed by atoms with Crippen LogP contribution in [0.4, 0.5) is 0 Å². The maximum atomic E-state index is 9.30. The highest BCUT2D eigenvalue weighted by Gasteiger charge is 2.08. The molecule has 0 spiro atoms. The first-order valence-corrected chi connectivity index (χ1v) is 3.28. The van der Waals surface area contributed by atoms with Gasteiger partial charge in [-0.05, 0) is 12.1 Å². The van der Waals surface area contributed by atoms with Gasteiger partial charge < -0.3 is 9.63 Å². The van der Waals surface area contributed by atoms with Gasteiger partial charge in [-0.2, -0.15) is 4.98 Å². The van der Waals surface area contributed by atoms with Crippen LogP contribution in [0, 0.1) is 0 Å². The third kappa shape index (κ3) is 1.01. The molecule has 0 unspecified atom stereocenters. The van der Waals surface area contributed by atoms with E-state index in [4.69, 9.17) is 0 Å². The van der Waals surface area contributed by atoms with E-state index in [1.54, 1.807) is 12.3 Å². The van der Waals surface area contributed by atoms with Crippen molar-refractivity contribution in [1.82, 2.24) is 15.1 Å². The van der Waals surface area contributed by atoms with E-state index in [-0.39, 0.29) is 11.6 Å². The lowest BCUT2D eigenvalue weighted by molar-refractivity contribution is 0.417. The molecule has 0 aliphatic carbocycles. The summed E-state index contributed by atoms with van der Waals surface area (Å²) in [6, 6.07) is 3.14. The van der Waals surface area contributed by atoms with Gasteiger partial charge in [-0.1, -0.05) is 5.16 Å². The van der Waals surface area contributed by atoms with Crippen LogP contribution in [0.3, 0.4) is 0 Å². The van der Waals surface area contributed by atoms with Crippen molar-refractivity contribution in [3.63, 3.8) is 0 Å². The summed E-state index contributed by atoms with van der Waals surface area (Å²) in [6.45, 7) is 0. The molecule has 2 rings (SSSR count). The molecule has 2 aromatic rings. The Morgan fingerprint density at radius 3 is 2.92 bits per heavy atom. The average Bonchev–Trinajstić information content (AvgIpc) is 2.57. The van der Waals surface area contributed by atoms with Crippen molar-refractivity contribution in [3.05, 3.63) is 24.7 Å². The molecular weight excluding hydrogens is 158 g/mol. The van der Waals surface area contributed by atoms with Crippen LogP contribution < -0.4 is 0 Å². The largest absolute Gasteiger partial charge is 0.506 e. The monoisotopic (exact) mass is 163 g/mol. The van der Waals surface area contributed by atoms with E-state index < -0.39 is 0 Å². The zero-order chi connectivity index (χ0) is 8.39. The Morgan fingerprint density at radius 1 is 1.33 bits per heavy atom. The Hall–Kier alpha value is -1.91. The second kappa shape index (κ2) is 2.61. The Kier molecular flexibility index (Phi) is 1.48. The molecule has 0 aliphatic rings. The zero-order valence-electron chi connectivity index (χ0n) is 6.01. The molecule has 0 saturated carbocycles. The molecule has 1 N–H and O–H groups in total. The molecule has 0 fully saturated rings. The second-order valence-corrected chi connectivity index (χ2v) is 2.13. The van der Waals surface area contributed by atoms with E-state index in [0.717, 1.165) is 0 Å². The maximum absolute atomic E-state index is 9.30. The summed E-state index contributed by atoms with van der Waals surface area (Å²) in [6.07, 6.45) is 2.73. The third-order valence-corrected chi connectivity index (χ3v) is 1.36. The molecule has 0 aromatic carbocycles. The Bertz CT molecular complexity index is 372. The van der Waals surface area contributed by atoms with Crippen LogP contribution in [0.25, 0.3) is 11.5 Å². The van der Waals surface area contributed by atoms with Gasteiger partial charge >= 0.3 is 0 Å². The number of hydrogen-bond acceptors (Lipinski definition) is 5. The minimum Gasteiger partial charge on any atom is -0.506 e. The van der Waals surface area contributed by atoms with E-state index in [1.165, 1.54) is 12.5 Å². The van der Waals surface area contributed by atoms with Crippen LogP contribution in [-0.4, -0.2) is 20.2 Å². The van der Waals surface area contributed by atoms with Gasteiger partial charge in [-0.25, -0.2) is 4.98 Å². The number of nitrogens with zero attached hydrogens (tertiary/aromatic N) is 3. The van der Waals surface area contributed by atoms with Crippen LogP contribution in [0.5, 0.6) is 5.75 Å². The summed E-state index contributed by atoms with van der Waals surface area (Å²) in [7, 11) is 0. The predicted molar refractivity (Wildman–Crippen MR) is 39.2 cm³/mol. The Morgan fingerprint density at radius 2 is 2.25 bits per heavy atom.